The lowest BCUT2D eigenvalue weighted by Gasteiger charge is -2.18. The molecule has 0 radical (unpaired) electrons. The number of unbranched alkanes of at least 4 members (excludes halogenated alkanes) is 7. The van der Waals surface area contributed by atoms with Gasteiger partial charge < -0.3 is 9.15 Å². The molecular weight excluding hydrogens is 288 g/mol. The molecule has 0 aliphatic rings. The predicted octanol–water partition coefficient (Wildman–Crippen LogP) is 6.56. The van der Waals surface area contributed by atoms with E-state index < -0.39 is 0 Å². The molecule has 0 aromatic carbocycles. The van der Waals surface area contributed by atoms with E-state index in [2.05, 4.69) is 13.8 Å². The normalized spacial score (nSPS) is 12.3. The highest BCUT2D eigenvalue weighted by Crippen LogP contribution is 2.25. The second kappa shape index (κ2) is 12.2. The predicted molar refractivity (Wildman–Crippen MR) is 95.3 cm³/mol. The molecule has 132 valence electrons. The van der Waals surface area contributed by atoms with Crippen LogP contribution in [-0.4, -0.2) is 11.9 Å². The van der Waals surface area contributed by atoms with Gasteiger partial charge in [-0.25, -0.2) is 0 Å². The van der Waals surface area contributed by atoms with E-state index in [1.807, 2.05) is 0 Å². The number of Topliss-reactive ketones (excluding diaryl/α,β-unsaturated/α-hetero) is 1. The average Bonchev–Trinajstić information content (AvgIpc) is 2.99. The third kappa shape index (κ3) is 8.24. The van der Waals surface area contributed by atoms with Crippen LogP contribution in [0.15, 0.2) is 16.7 Å². The number of furan rings is 1. The van der Waals surface area contributed by atoms with E-state index in [9.17, 15) is 4.79 Å². The van der Waals surface area contributed by atoms with Gasteiger partial charge in [-0.2, -0.15) is 0 Å². The van der Waals surface area contributed by atoms with Gasteiger partial charge in [-0.05, 0) is 32.3 Å². The summed E-state index contributed by atoms with van der Waals surface area (Å²) >= 11 is 0. The number of carbonyl (C=O) groups is 1. The zero-order chi connectivity index (χ0) is 16.9. The highest BCUT2D eigenvalue weighted by Gasteiger charge is 2.17. The molecule has 0 saturated heterocycles. The third-order valence-electron chi connectivity index (χ3n) is 4.29. The monoisotopic (exact) mass is 322 g/mol. The maximum atomic E-state index is 11.6. The number of hydrogen-bond donors (Lipinski definition) is 0. The minimum atomic E-state index is -0.00100. The summed E-state index contributed by atoms with van der Waals surface area (Å²) in [5.41, 5.74) is 0.561. The van der Waals surface area contributed by atoms with Crippen LogP contribution in [0.3, 0.4) is 0 Å². The van der Waals surface area contributed by atoms with Gasteiger partial charge >= 0.3 is 0 Å². The summed E-state index contributed by atoms with van der Waals surface area (Å²) in [7, 11) is 0. The summed E-state index contributed by atoms with van der Waals surface area (Å²) in [6.07, 6.45) is 15.2. The highest BCUT2D eigenvalue weighted by atomic mass is 16.6. The van der Waals surface area contributed by atoms with E-state index >= 15 is 0 Å². The quantitative estimate of drug-likeness (QED) is 0.287. The van der Waals surface area contributed by atoms with Crippen molar-refractivity contribution >= 4 is 5.78 Å². The minimum absolute atomic E-state index is 0.00100. The second-order valence-electron chi connectivity index (χ2n) is 6.47. The van der Waals surface area contributed by atoms with E-state index in [1.165, 1.54) is 51.2 Å². The Morgan fingerprint density at radius 2 is 1.61 bits per heavy atom. The maximum absolute atomic E-state index is 11.6. The molecule has 0 fully saturated rings. The zero-order valence-electron chi connectivity index (χ0n) is 15.2. The molecule has 3 nitrogen and oxygen atoms in total. The molecule has 1 heterocycles. The van der Waals surface area contributed by atoms with Crippen LogP contribution in [-0.2, 0) is 0 Å². The summed E-state index contributed by atoms with van der Waals surface area (Å²) in [4.78, 5) is 11.6. The van der Waals surface area contributed by atoms with Gasteiger partial charge in [0.1, 0.15) is 11.7 Å². The van der Waals surface area contributed by atoms with Crippen molar-refractivity contribution in [3.63, 3.8) is 0 Å². The first kappa shape index (κ1) is 19.8. The summed E-state index contributed by atoms with van der Waals surface area (Å²) in [6, 6.07) is 1.70. The molecule has 1 aromatic rings. The van der Waals surface area contributed by atoms with E-state index in [1.54, 1.807) is 13.0 Å². The Hall–Kier alpha value is -1.25. The van der Waals surface area contributed by atoms with Crippen molar-refractivity contribution in [2.75, 3.05) is 0 Å². The fourth-order valence-corrected chi connectivity index (χ4v) is 2.82. The fourth-order valence-electron chi connectivity index (χ4n) is 2.82. The largest absolute Gasteiger partial charge is 0.461 e. The number of ketones is 1. The molecule has 23 heavy (non-hydrogen) atoms. The molecule has 0 spiro atoms. The molecule has 0 aliphatic heterocycles. The molecule has 1 atom stereocenters. The molecule has 0 saturated carbocycles. The van der Waals surface area contributed by atoms with Crippen molar-refractivity contribution in [2.45, 2.75) is 97.5 Å². The number of hydrogen-bond acceptors (Lipinski definition) is 3. The first-order chi connectivity index (χ1) is 11.2. The highest BCUT2D eigenvalue weighted by molar-refractivity contribution is 5.96. The minimum Gasteiger partial charge on any atom is -0.461 e. The van der Waals surface area contributed by atoms with Crippen molar-refractivity contribution in [3.8, 4) is 5.95 Å². The van der Waals surface area contributed by atoms with Gasteiger partial charge in [-0.3, -0.25) is 4.79 Å². The lowest BCUT2D eigenvalue weighted by atomic mass is 10.0. The first-order valence-corrected chi connectivity index (χ1v) is 9.44. The topological polar surface area (TPSA) is 39.4 Å². The Balaban J connectivity index is 2.37. The maximum Gasteiger partial charge on any atom is 0.295 e. The van der Waals surface area contributed by atoms with Gasteiger partial charge in [0.15, 0.2) is 5.78 Å². The molecule has 0 bridgehead atoms. The molecule has 1 aromatic heterocycles. The van der Waals surface area contributed by atoms with Crippen LogP contribution in [0, 0.1) is 0 Å². The molecule has 1 unspecified atom stereocenters. The van der Waals surface area contributed by atoms with Crippen molar-refractivity contribution in [3.05, 3.63) is 17.9 Å². The molecule has 3 heteroatoms. The average molecular weight is 322 g/mol. The zero-order valence-corrected chi connectivity index (χ0v) is 15.2. The van der Waals surface area contributed by atoms with E-state index in [0.717, 1.165) is 25.7 Å². The van der Waals surface area contributed by atoms with Crippen molar-refractivity contribution < 1.29 is 13.9 Å². The molecule has 0 N–H and O–H groups in total. The third-order valence-corrected chi connectivity index (χ3v) is 4.29. The number of carbonyl (C=O) groups excluding carboxylic acids is 1. The van der Waals surface area contributed by atoms with Crippen LogP contribution in [0.25, 0.3) is 0 Å². The van der Waals surface area contributed by atoms with Crippen LogP contribution < -0.4 is 4.74 Å². The number of rotatable bonds is 14. The Labute approximate surface area is 141 Å². The van der Waals surface area contributed by atoms with Crippen molar-refractivity contribution in [1.82, 2.24) is 0 Å². The molecule has 1 rings (SSSR count). The Kier molecular flexibility index (Phi) is 10.5. The summed E-state index contributed by atoms with van der Waals surface area (Å²) in [5, 5.41) is 0. The number of ether oxygens (including phenoxy) is 1. The van der Waals surface area contributed by atoms with Gasteiger partial charge in [0.25, 0.3) is 5.95 Å². The standard InChI is InChI=1S/C20H34O3/c1-4-6-8-9-10-11-12-14-18(13-7-5-2)23-20-19(17(3)21)15-16-22-20/h15-16,18H,4-14H2,1-3H3. The van der Waals surface area contributed by atoms with Crippen LogP contribution in [0.2, 0.25) is 0 Å². The van der Waals surface area contributed by atoms with Crippen LogP contribution in [0.4, 0.5) is 0 Å². The van der Waals surface area contributed by atoms with Crippen molar-refractivity contribution in [2.24, 2.45) is 0 Å². The Morgan fingerprint density at radius 1 is 1.00 bits per heavy atom. The first-order valence-electron chi connectivity index (χ1n) is 9.44. The van der Waals surface area contributed by atoms with Gasteiger partial charge in [0, 0.05) is 0 Å². The fraction of sp³-hybridized carbons (Fsp3) is 0.750. The van der Waals surface area contributed by atoms with Gasteiger partial charge in [0.2, 0.25) is 0 Å². The van der Waals surface area contributed by atoms with Gasteiger partial charge in [0.05, 0.1) is 6.26 Å². The molecule has 0 amide bonds. The van der Waals surface area contributed by atoms with Crippen LogP contribution in [0.5, 0.6) is 5.95 Å². The SMILES string of the molecule is CCCCCCCCCC(CCCC)Oc1occc1C(C)=O. The summed E-state index contributed by atoms with van der Waals surface area (Å²) < 4.78 is 11.4. The molecule has 0 aliphatic carbocycles. The lowest BCUT2D eigenvalue weighted by Crippen LogP contribution is -2.17. The van der Waals surface area contributed by atoms with Gasteiger partial charge in [-0.15, -0.1) is 0 Å². The molecular formula is C20H34O3. The van der Waals surface area contributed by atoms with E-state index in [-0.39, 0.29) is 11.9 Å². The Morgan fingerprint density at radius 3 is 2.26 bits per heavy atom. The van der Waals surface area contributed by atoms with Crippen molar-refractivity contribution in [1.29, 1.82) is 0 Å². The smallest absolute Gasteiger partial charge is 0.295 e. The Bertz CT molecular complexity index is 422. The lowest BCUT2D eigenvalue weighted by molar-refractivity contribution is 0.0988. The summed E-state index contributed by atoms with van der Waals surface area (Å²) in [6.45, 7) is 5.99. The van der Waals surface area contributed by atoms with E-state index in [4.69, 9.17) is 9.15 Å². The van der Waals surface area contributed by atoms with Gasteiger partial charge in [-0.1, -0.05) is 65.2 Å². The second-order valence-corrected chi connectivity index (χ2v) is 6.47. The van der Waals surface area contributed by atoms with Crippen LogP contribution in [0.1, 0.15) is 102 Å². The van der Waals surface area contributed by atoms with Crippen LogP contribution >= 0.6 is 0 Å². The summed E-state index contributed by atoms with van der Waals surface area (Å²) in [5.74, 6) is 0.403. The van der Waals surface area contributed by atoms with E-state index in [0.29, 0.717) is 11.5 Å².